The van der Waals surface area contributed by atoms with Crippen LogP contribution in [0, 0.1) is 13.8 Å². The SMILES string of the molecule is Cc1cc(C)cc(NC2=C(c3ccccc3)C(=O)N(Cc3ccccc3)C2=O)c1. The minimum atomic E-state index is -0.308. The third-order valence-electron chi connectivity index (χ3n) is 4.91. The fraction of sp³-hybridized carbons (Fsp3) is 0.120. The van der Waals surface area contributed by atoms with Gasteiger partial charge in [-0.3, -0.25) is 14.5 Å². The molecule has 0 aliphatic carbocycles. The van der Waals surface area contributed by atoms with E-state index in [0.29, 0.717) is 11.3 Å². The van der Waals surface area contributed by atoms with Crippen LogP contribution in [0.3, 0.4) is 0 Å². The number of hydrogen-bond donors (Lipinski definition) is 1. The first kappa shape index (κ1) is 18.7. The monoisotopic (exact) mass is 382 g/mol. The van der Waals surface area contributed by atoms with E-state index in [4.69, 9.17) is 0 Å². The minimum Gasteiger partial charge on any atom is -0.350 e. The molecule has 2 amide bonds. The van der Waals surface area contributed by atoms with E-state index in [2.05, 4.69) is 11.4 Å². The molecule has 0 unspecified atom stereocenters. The normalized spacial score (nSPS) is 13.9. The first-order valence-corrected chi connectivity index (χ1v) is 9.58. The van der Waals surface area contributed by atoms with Gasteiger partial charge < -0.3 is 5.32 Å². The highest BCUT2D eigenvalue weighted by Crippen LogP contribution is 2.31. The van der Waals surface area contributed by atoms with E-state index in [1.54, 1.807) is 0 Å². The van der Waals surface area contributed by atoms with Gasteiger partial charge in [-0.1, -0.05) is 66.7 Å². The largest absolute Gasteiger partial charge is 0.350 e. The molecule has 4 heteroatoms. The second kappa shape index (κ2) is 7.76. The molecule has 1 aliphatic rings. The molecule has 1 aliphatic heterocycles. The zero-order valence-electron chi connectivity index (χ0n) is 16.5. The Labute approximate surface area is 170 Å². The summed E-state index contributed by atoms with van der Waals surface area (Å²) < 4.78 is 0. The van der Waals surface area contributed by atoms with E-state index in [9.17, 15) is 9.59 Å². The van der Waals surface area contributed by atoms with Crippen molar-refractivity contribution >= 4 is 23.1 Å². The molecule has 144 valence electrons. The average molecular weight is 382 g/mol. The number of anilines is 1. The summed E-state index contributed by atoms with van der Waals surface area (Å²) >= 11 is 0. The highest BCUT2D eigenvalue weighted by molar-refractivity contribution is 6.36. The topological polar surface area (TPSA) is 49.4 Å². The molecular weight excluding hydrogens is 360 g/mol. The Hall–Kier alpha value is -3.66. The quantitative estimate of drug-likeness (QED) is 0.651. The van der Waals surface area contributed by atoms with Crippen LogP contribution in [0.5, 0.6) is 0 Å². The highest BCUT2D eigenvalue weighted by atomic mass is 16.2. The molecule has 0 saturated carbocycles. The molecule has 0 radical (unpaired) electrons. The zero-order valence-corrected chi connectivity index (χ0v) is 16.5. The van der Waals surface area contributed by atoms with Crippen LogP contribution < -0.4 is 5.32 Å². The predicted octanol–water partition coefficient (Wildman–Crippen LogP) is 4.70. The number of imide groups is 1. The standard InChI is InChI=1S/C25H22N2O2/c1-17-13-18(2)15-21(14-17)26-23-22(20-11-7-4-8-12-20)24(28)27(25(23)29)16-19-9-5-3-6-10-19/h3-15,26H,16H2,1-2H3. The lowest BCUT2D eigenvalue weighted by molar-refractivity contribution is -0.137. The third kappa shape index (κ3) is 3.83. The number of nitrogens with zero attached hydrogens (tertiary/aromatic N) is 1. The van der Waals surface area contributed by atoms with Gasteiger partial charge in [-0.05, 0) is 48.2 Å². The van der Waals surface area contributed by atoms with Crippen LogP contribution in [0.25, 0.3) is 5.57 Å². The van der Waals surface area contributed by atoms with Crippen molar-refractivity contribution in [1.82, 2.24) is 4.90 Å². The van der Waals surface area contributed by atoms with Crippen LogP contribution in [-0.4, -0.2) is 16.7 Å². The van der Waals surface area contributed by atoms with Crippen LogP contribution in [0.15, 0.2) is 84.6 Å². The van der Waals surface area contributed by atoms with Crippen LogP contribution >= 0.6 is 0 Å². The van der Waals surface area contributed by atoms with Gasteiger partial charge in [0, 0.05) is 5.69 Å². The number of carbonyl (C=O) groups excluding carboxylic acids is 2. The van der Waals surface area contributed by atoms with Crippen molar-refractivity contribution in [3.05, 3.63) is 107 Å². The van der Waals surface area contributed by atoms with E-state index in [-0.39, 0.29) is 18.4 Å². The molecule has 3 aromatic rings. The number of carbonyl (C=O) groups is 2. The number of hydrogen-bond acceptors (Lipinski definition) is 3. The lowest BCUT2D eigenvalue weighted by Crippen LogP contribution is -2.32. The summed E-state index contributed by atoms with van der Waals surface area (Å²) in [4.78, 5) is 27.8. The lowest BCUT2D eigenvalue weighted by atomic mass is 10.0. The van der Waals surface area contributed by atoms with Crippen LogP contribution in [0.4, 0.5) is 5.69 Å². The van der Waals surface area contributed by atoms with E-state index in [0.717, 1.165) is 27.9 Å². The molecular formula is C25H22N2O2. The maximum atomic E-state index is 13.3. The summed E-state index contributed by atoms with van der Waals surface area (Å²) in [7, 11) is 0. The molecule has 4 rings (SSSR count). The first-order valence-electron chi connectivity index (χ1n) is 9.58. The van der Waals surface area contributed by atoms with Gasteiger partial charge in [0.25, 0.3) is 11.8 Å². The number of rotatable bonds is 5. The maximum Gasteiger partial charge on any atom is 0.278 e. The number of aryl methyl sites for hydroxylation is 2. The van der Waals surface area contributed by atoms with Gasteiger partial charge in [-0.15, -0.1) is 0 Å². The number of nitrogens with one attached hydrogen (secondary N) is 1. The van der Waals surface area contributed by atoms with Crippen LogP contribution in [-0.2, 0) is 16.1 Å². The Balaban J connectivity index is 1.75. The second-order valence-electron chi connectivity index (χ2n) is 7.30. The van der Waals surface area contributed by atoms with Crippen LogP contribution in [0.1, 0.15) is 22.3 Å². The molecule has 0 fully saturated rings. The summed E-state index contributed by atoms with van der Waals surface area (Å²) in [5.41, 5.74) is 5.35. The van der Waals surface area contributed by atoms with Gasteiger partial charge in [0.05, 0.1) is 12.1 Å². The fourth-order valence-electron chi connectivity index (χ4n) is 3.67. The molecule has 0 bridgehead atoms. The van der Waals surface area contributed by atoms with Crippen molar-refractivity contribution in [3.63, 3.8) is 0 Å². The third-order valence-corrected chi connectivity index (χ3v) is 4.91. The molecule has 4 nitrogen and oxygen atoms in total. The van der Waals surface area contributed by atoms with Crippen molar-refractivity contribution in [1.29, 1.82) is 0 Å². The number of benzene rings is 3. The van der Waals surface area contributed by atoms with E-state index >= 15 is 0 Å². The fourth-order valence-corrected chi connectivity index (χ4v) is 3.67. The Morgan fingerprint density at radius 2 is 1.34 bits per heavy atom. The predicted molar refractivity (Wildman–Crippen MR) is 115 cm³/mol. The van der Waals surface area contributed by atoms with E-state index in [1.165, 1.54) is 4.90 Å². The minimum absolute atomic E-state index is 0.243. The Bertz CT molecular complexity index is 1080. The van der Waals surface area contributed by atoms with Gasteiger partial charge in [0.2, 0.25) is 0 Å². The van der Waals surface area contributed by atoms with E-state index < -0.39 is 0 Å². The molecule has 29 heavy (non-hydrogen) atoms. The van der Waals surface area contributed by atoms with Crippen molar-refractivity contribution < 1.29 is 9.59 Å². The summed E-state index contributed by atoms with van der Waals surface area (Å²) in [6.45, 7) is 4.26. The van der Waals surface area contributed by atoms with Gasteiger partial charge in [-0.25, -0.2) is 0 Å². The maximum absolute atomic E-state index is 13.3. The second-order valence-corrected chi connectivity index (χ2v) is 7.30. The van der Waals surface area contributed by atoms with Gasteiger partial charge in [0.1, 0.15) is 5.70 Å². The number of amides is 2. The zero-order chi connectivity index (χ0) is 20.4. The van der Waals surface area contributed by atoms with Crippen molar-refractivity contribution in [2.45, 2.75) is 20.4 Å². The molecule has 0 atom stereocenters. The lowest BCUT2D eigenvalue weighted by Gasteiger charge is -2.15. The smallest absolute Gasteiger partial charge is 0.278 e. The highest BCUT2D eigenvalue weighted by Gasteiger charge is 2.39. The molecule has 3 aromatic carbocycles. The van der Waals surface area contributed by atoms with E-state index in [1.807, 2.05) is 86.6 Å². The first-order chi connectivity index (χ1) is 14.0. The van der Waals surface area contributed by atoms with Gasteiger partial charge >= 0.3 is 0 Å². The Kier molecular flexibility index (Phi) is 5.00. The summed E-state index contributed by atoms with van der Waals surface area (Å²) in [5.74, 6) is -0.589. The summed E-state index contributed by atoms with van der Waals surface area (Å²) in [5, 5.41) is 3.23. The molecule has 1 N–H and O–H groups in total. The summed E-state index contributed by atoms with van der Waals surface area (Å²) in [6.07, 6.45) is 0. The molecule has 0 saturated heterocycles. The Morgan fingerprint density at radius 3 is 1.97 bits per heavy atom. The molecule has 0 spiro atoms. The molecule has 1 heterocycles. The van der Waals surface area contributed by atoms with Gasteiger partial charge in [-0.2, -0.15) is 0 Å². The summed E-state index contributed by atoms with van der Waals surface area (Å²) in [6, 6.07) is 24.9. The van der Waals surface area contributed by atoms with Gasteiger partial charge in [0.15, 0.2) is 0 Å². The molecule has 0 aromatic heterocycles. The average Bonchev–Trinajstić information content (AvgIpc) is 2.93. The van der Waals surface area contributed by atoms with Crippen LogP contribution in [0.2, 0.25) is 0 Å². The van der Waals surface area contributed by atoms with Crippen molar-refractivity contribution in [2.75, 3.05) is 5.32 Å². The van der Waals surface area contributed by atoms with Crippen molar-refractivity contribution in [3.8, 4) is 0 Å². The van der Waals surface area contributed by atoms with Crippen molar-refractivity contribution in [2.24, 2.45) is 0 Å². The Morgan fingerprint density at radius 1 is 0.759 bits per heavy atom.